The topological polar surface area (TPSA) is 78.9 Å². The lowest BCUT2D eigenvalue weighted by Gasteiger charge is -2.14. The van der Waals surface area contributed by atoms with Crippen LogP contribution in [0.5, 0.6) is 5.75 Å². The molecule has 25 heavy (non-hydrogen) atoms. The van der Waals surface area contributed by atoms with Crippen LogP contribution in [0.2, 0.25) is 0 Å². The molecule has 3 rings (SSSR count). The largest absolute Gasteiger partial charge is 0.491 e. The Morgan fingerprint density at radius 3 is 2.56 bits per heavy atom. The third-order valence-electron chi connectivity index (χ3n) is 3.54. The maximum atomic E-state index is 12.6. The van der Waals surface area contributed by atoms with Crippen molar-refractivity contribution in [3.05, 3.63) is 63.2 Å². The molecule has 2 N–H and O–H groups in total. The standard InChI is InChI=1S/C18H15IN2O4/c19-13-5-7-14(8-6-13)21-18(24)15(17(23)20-21)11-12-3-1-2-4-16(12)25-10-9-22/h1-8,11,22H,9-10H2,(H,20,23)/b15-11-. The van der Waals surface area contributed by atoms with Crippen LogP contribution in [0.15, 0.2) is 54.1 Å². The monoisotopic (exact) mass is 450 g/mol. The van der Waals surface area contributed by atoms with Crippen molar-refractivity contribution in [3.63, 3.8) is 0 Å². The number of nitrogens with one attached hydrogen (secondary N) is 1. The van der Waals surface area contributed by atoms with Crippen LogP contribution in [0.3, 0.4) is 0 Å². The summed E-state index contributed by atoms with van der Waals surface area (Å²) in [7, 11) is 0. The Hall–Kier alpha value is -2.39. The summed E-state index contributed by atoms with van der Waals surface area (Å²) in [6.07, 6.45) is 1.50. The highest BCUT2D eigenvalue weighted by molar-refractivity contribution is 14.1. The van der Waals surface area contributed by atoms with E-state index < -0.39 is 11.8 Å². The number of amides is 2. The number of carbonyl (C=O) groups excluding carboxylic acids is 2. The SMILES string of the molecule is O=C1NN(c2ccc(I)cc2)C(=O)/C1=C\c1ccccc1OCCO. The molecule has 1 aliphatic heterocycles. The van der Waals surface area contributed by atoms with Crippen molar-refractivity contribution in [2.24, 2.45) is 0 Å². The number of carbonyl (C=O) groups is 2. The third kappa shape index (κ3) is 3.83. The van der Waals surface area contributed by atoms with Gasteiger partial charge in [0.25, 0.3) is 11.8 Å². The van der Waals surface area contributed by atoms with Crippen LogP contribution in [-0.2, 0) is 9.59 Å². The lowest BCUT2D eigenvalue weighted by Crippen LogP contribution is -2.35. The second-order valence-corrected chi connectivity index (χ2v) is 6.47. The summed E-state index contributed by atoms with van der Waals surface area (Å²) in [6.45, 7) is 0.0139. The molecule has 0 bridgehead atoms. The van der Waals surface area contributed by atoms with Gasteiger partial charge in [-0.25, -0.2) is 5.01 Å². The Morgan fingerprint density at radius 2 is 1.84 bits per heavy atom. The fourth-order valence-corrected chi connectivity index (χ4v) is 2.73. The first-order valence-corrected chi connectivity index (χ1v) is 8.63. The zero-order chi connectivity index (χ0) is 17.8. The molecule has 0 spiro atoms. The van der Waals surface area contributed by atoms with Crippen molar-refractivity contribution >= 4 is 46.2 Å². The van der Waals surface area contributed by atoms with Gasteiger partial charge in [0.2, 0.25) is 0 Å². The maximum absolute atomic E-state index is 12.6. The molecule has 0 aromatic heterocycles. The van der Waals surface area contributed by atoms with Crippen molar-refractivity contribution in [1.29, 1.82) is 0 Å². The second-order valence-electron chi connectivity index (χ2n) is 5.23. The van der Waals surface area contributed by atoms with Gasteiger partial charge >= 0.3 is 0 Å². The molecular weight excluding hydrogens is 435 g/mol. The van der Waals surface area contributed by atoms with Crippen LogP contribution in [0.25, 0.3) is 6.08 Å². The van der Waals surface area contributed by atoms with E-state index in [1.165, 1.54) is 11.1 Å². The van der Waals surface area contributed by atoms with Crippen LogP contribution < -0.4 is 15.2 Å². The number of benzene rings is 2. The smallest absolute Gasteiger partial charge is 0.282 e. The van der Waals surface area contributed by atoms with E-state index in [0.717, 1.165) is 3.57 Å². The minimum atomic E-state index is -0.472. The molecule has 0 atom stereocenters. The van der Waals surface area contributed by atoms with Crippen LogP contribution in [0.1, 0.15) is 5.56 Å². The highest BCUT2D eigenvalue weighted by Gasteiger charge is 2.34. The zero-order valence-corrected chi connectivity index (χ0v) is 15.3. The number of ether oxygens (including phenoxy) is 1. The lowest BCUT2D eigenvalue weighted by atomic mass is 10.1. The molecule has 1 aliphatic rings. The number of hydrazine groups is 1. The average molecular weight is 450 g/mol. The number of halogens is 1. The van der Waals surface area contributed by atoms with E-state index in [1.807, 2.05) is 12.1 Å². The number of aliphatic hydroxyl groups is 1. The van der Waals surface area contributed by atoms with Crippen LogP contribution in [0, 0.1) is 3.57 Å². The van der Waals surface area contributed by atoms with Crippen LogP contribution in [0.4, 0.5) is 5.69 Å². The third-order valence-corrected chi connectivity index (χ3v) is 4.26. The van der Waals surface area contributed by atoms with Crippen molar-refractivity contribution in [2.45, 2.75) is 0 Å². The van der Waals surface area contributed by atoms with Gasteiger partial charge in [-0.2, -0.15) is 0 Å². The fraction of sp³-hybridized carbons (Fsp3) is 0.111. The summed E-state index contributed by atoms with van der Waals surface area (Å²) in [5, 5.41) is 10.1. The molecule has 0 aliphatic carbocycles. The molecule has 7 heteroatoms. The summed E-state index contributed by atoms with van der Waals surface area (Å²) in [6, 6.07) is 14.3. The summed E-state index contributed by atoms with van der Waals surface area (Å²) in [5.41, 5.74) is 3.78. The molecule has 1 saturated heterocycles. The maximum Gasteiger partial charge on any atom is 0.282 e. The number of hydrogen-bond acceptors (Lipinski definition) is 4. The Bertz CT molecular complexity index is 833. The van der Waals surface area contributed by atoms with Gasteiger partial charge in [-0.15, -0.1) is 0 Å². The Morgan fingerprint density at radius 1 is 1.12 bits per heavy atom. The van der Waals surface area contributed by atoms with E-state index in [9.17, 15) is 9.59 Å². The minimum Gasteiger partial charge on any atom is -0.491 e. The van der Waals surface area contributed by atoms with Gasteiger partial charge < -0.3 is 9.84 Å². The van der Waals surface area contributed by atoms with Gasteiger partial charge in [0.1, 0.15) is 17.9 Å². The number of nitrogens with zero attached hydrogens (tertiary/aromatic N) is 1. The Labute approximate surface area is 158 Å². The predicted molar refractivity (Wildman–Crippen MR) is 102 cm³/mol. The molecule has 1 fully saturated rings. The van der Waals surface area contributed by atoms with Gasteiger partial charge in [-0.1, -0.05) is 18.2 Å². The highest BCUT2D eigenvalue weighted by atomic mass is 127. The minimum absolute atomic E-state index is 0.0265. The lowest BCUT2D eigenvalue weighted by molar-refractivity contribution is -0.117. The van der Waals surface area contributed by atoms with E-state index in [-0.39, 0.29) is 18.8 Å². The predicted octanol–water partition coefficient (Wildman–Crippen LogP) is 2.12. The summed E-state index contributed by atoms with van der Waals surface area (Å²) < 4.78 is 6.47. The van der Waals surface area contributed by atoms with E-state index >= 15 is 0 Å². The second kappa shape index (κ2) is 7.66. The number of para-hydroxylation sites is 1. The van der Waals surface area contributed by atoms with E-state index in [4.69, 9.17) is 9.84 Å². The molecule has 2 amide bonds. The van der Waals surface area contributed by atoms with Gasteiger partial charge in [-0.05, 0) is 59.0 Å². The number of aliphatic hydroxyl groups excluding tert-OH is 1. The average Bonchev–Trinajstić information content (AvgIpc) is 2.90. The highest BCUT2D eigenvalue weighted by Crippen LogP contribution is 2.25. The van der Waals surface area contributed by atoms with Crippen molar-refractivity contribution in [1.82, 2.24) is 5.43 Å². The first-order valence-electron chi connectivity index (χ1n) is 7.55. The fourth-order valence-electron chi connectivity index (χ4n) is 2.37. The molecule has 6 nitrogen and oxygen atoms in total. The Kier molecular flexibility index (Phi) is 5.34. The quantitative estimate of drug-likeness (QED) is 0.416. The van der Waals surface area contributed by atoms with Gasteiger partial charge in [0, 0.05) is 9.13 Å². The first kappa shape index (κ1) is 17.4. The van der Waals surface area contributed by atoms with Crippen molar-refractivity contribution in [3.8, 4) is 5.75 Å². The normalized spacial score (nSPS) is 15.6. The zero-order valence-electron chi connectivity index (χ0n) is 13.1. The van der Waals surface area contributed by atoms with E-state index in [1.54, 1.807) is 36.4 Å². The van der Waals surface area contributed by atoms with Gasteiger partial charge in [0.15, 0.2) is 0 Å². The Balaban J connectivity index is 1.90. The van der Waals surface area contributed by atoms with Gasteiger partial charge in [0.05, 0.1) is 12.3 Å². The molecule has 0 saturated carbocycles. The van der Waals surface area contributed by atoms with Crippen molar-refractivity contribution in [2.75, 3.05) is 18.2 Å². The van der Waals surface area contributed by atoms with Gasteiger partial charge in [-0.3, -0.25) is 15.0 Å². The summed E-state index contributed by atoms with van der Waals surface area (Å²) in [5.74, 6) is -0.402. The molecule has 2 aromatic carbocycles. The molecular formula is C18H15IN2O4. The van der Waals surface area contributed by atoms with Crippen molar-refractivity contribution < 1.29 is 19.4 Å². The first-order chi connectivity index (χ1) is 12.1. The molecule has 0 unspecified atom stereocenters. The molecule has 2 aromatic rings. The summed E-state index contributed by atoms with van der Waals surface area (Å²) in [4.78, 5) is 24.9. The van der Waals surface area contributed by atoms with Crippen LogP contribution in [-0.4, -0.2) is 30.1 Å². The van der Waals surface area contributed by atoms with E-state index in [2.05, 4.69) is 28.0 Å². The number of hydrogen-bond donors (Lipinski definition) is 2. The number of anilines is 1. The molecule has 0 radical (unpaired) electrons. The molecule has 128 valence electrons. The summed E-state index contributed by atoms with van der Waals surface area (Å²) >= 11 is 2.17. The molecule has 1 heterocycles. The number of rotatable bonds is 5. The van der Waals surface area contributed by atoms with E-state index in [0.29, 0.717) is 17.0 Å². The van der Waals surface area contributed by atoms with Crippen LogP contribution >= 0.6 is 22.6 Å².